The molecule has 1 fully saturated rings. The largest absolute Gasteiger partial charge is 0.477 e. The van der Waals surface area contributed by atoms with Crippen LogP contribution in [-0.4, -0.2) is 74.4 Å². The predicted octanol–water partition coefficient (Wildman–Crippen LogP) is 1.13. The van der Waals surface area contributed by atoms with Gasteiger partial charge < -0.3 is 20.6 Å². The van der Waals surface area contributed by atoms with Gasteiger partial charge in [-0.2, -0.15) is 5.26 Å². The molecule has 3 heterocycles. The van der Waals surface area contributed by atoms with Crippen molar-refractivity contribution in [1.29, 1.82) is 5.26 Å². The zero-order chi connectivity index (χ0) is 25.4. The van der Waals surface area contributed by atoms with E-state index in [1.54, 1.807) is 5.41 Å². The first-order valence-electron chi connectivity index (χ1n) is 9.76. The number of aliphatic carboxylic acids is 1. The number of nitrogens with zero attached hydrogens (tertiary/aromatic N) is 4. The Kier molecular flexibility index (Phi) is 9.06. The second kappa shape index (κ2) is 12.2. The van der Waals surface area contributed by atoms with Crippen LogP contribution in [0.2, 0.25) is 0 Å². The van der Waals surface area contributed by atoms with Gasteiger partial charge in [-0.25, -0.2) is 9.78 Å². The summed E-state index contributed by atoms with van der Waals surface area (Å²) in [4.78, 5) is 58.7. The first-order chi connectivity index (χ1) is 16.9. The van der Waals surface area contributed by atoms with Crippen LogP contribution in [-0.2, 0) is 24.0 Å². The molecule has 1 aromatic heterocycles. The number of carbonyl (C=O) groups excluding carboxylic acids is 3. The van der Waals surface area contributed by atoms with Gasteiger partial charge in [0.25, 0.3) is 11.8 Å². The minimum absolute atomic E-state index is 0.0199. The highest BCUT2D eigenvalue weighted by Crippen LogP contribution is 2.41. The van der Waals surface area contributed by atoms with E-state index in [0.717, 1.165) is 16.2 Å². The van der Waals surface area contributed by atoms with Crippen LogP contribution in [0.1, 0.15) is 5.69 Å². The molecule has 182 valence electrons. The first kappa shape index (κ1) is 26.0. The summed E-state index contributed by atoms with van der Waals surface area (Å²) in [6.07, 6.45) is 3.15. The number of carbonyl (C=O) groups is 4. The number of rotatable bonds is 12. The van der Waals surface area contributed by atoms with E-state index in [9.17, 15) is 24.3 Å². The molecule has 1 saturated heterocycles. The fraction of sp³-hybridized carbons (Fsp3) is 0.250. The fourth-order valence-corrected chi connectivity index (χ4v) is 5.91. The van der Waals surface area contributed by atoms with Gasteiger partial charge >= 0.3 is 5.97 Å². The van der Waals surface area contributed by atoms with Crippen LogP contribution in [0.4, 0.5) is 5.13 Å². The summed E-state index contributed by atoms with van der Waals surface area (Å²) in [5.41, 5.74) is 0.331. The van der Waals surface area contributed by atoms with E-state index in [4.69, 9.17) is 10.1 Å². The standard InChI is InChI=1S/C20H18N6O6S3/c1-2-5-32-25-13(12-9-35-20(23-12)22-10-27)16(28)24-14-17(29)26-15(19(30)31)11(8-34-18(14)26)7-33-6-3-4-21/h2-3,6,9-10,14,18H,1,5,7-8H2,(H,24,28)(H,30,31)(H,22,23,27)/b6-3+,25-13?/t14?,18-/m0/s1. The van der Waals surface area contributed by atoms with Crippen molar-refractivity contribution in [2.24, 2.45) is 5.16 Å². The maximum absolute atomic E-state index is 13.0. The van der Waals surface area contributed by atoms with Crippen molar-refractivity contribution in [1.82, 2.24) is 15.2 Å². The Hall–Kier alpha value is -3.61. The minimum atomic E-state index is -1.24. The lowest BCUT2D eigenvalue weighted by molar-refractivity contribution is -0.150. The van der Waals surface area contributed by atoms with Crippen molar-refractivity contribution in [3.8, 4) is 6.07 Å². The van der Waals surface area contributed by atoms with Crippen molar-refractivity contribution < 1.29 is 29.1 Å². The molecule has 2 aliphatic heterocycles. The Morgan fingerprint density at radius 2 is 2.31 bits per heavy atom. The number of hydrogen-bond donors (Lipinski definition) is 3. The SMILES string of the molecule is C=CCON=C(C(=O)NC1C(=O)N2C(C(=O)O)=C(CS/C=C/C#N)CS[C@@H]12)c1csc(NC=O)n1. The highest BCUT2D eigenvalue weighted by Gasteiger charge is 2.54. The Morgan fingerprint density at radius 3 is 3.00 bits per heavy atom. The van der Waals surface area contributed by atoms with Crippen LogP contribution in [0.15, 0.2) is 45.9 Å². The molecular weight excluding hydrogens is 516 g/mol. The van der Waals surface area contributed by atoms with E-state index >= 15 is 0 Å². The van der Waals surface area contributed by atoms with Crippen molar-refractivity contribution in [3.63, 3.8) is 0 Å². The summed E-state index contributed by atoms with van der Waals surface area (Å²) in [7, 11) is 0. The Morgan fingerprint density at radius 1 is 1.51 bits per heavy atom. The molecule has 15 heteroatoms. The van der Waals surface area contributed by atoms with Crippen molar-refractivity contribution in [2.45, 2.75) is 11.4 Å². The number of allylic oxidation sites excluding steroid dienone is 1. The van der Waals surface area contributed by atoms with E-state index < -0.39 is 29.2 Å². The van der Waals surface area contributed by atoms with Gasteiger partial charge in [0.2, 0.25) is 6.41 Å². The molecule has 3 N–H and O–H groups in total. The first-order valence-corrected chi connectivity index (χ1v) is 12.7. The molecular formula is C20H18N6O6S3. The molecule has 0 spiro atoms. The van der Waals surface area contributed by atoms with E-state index in [2.05, 4.69) is 27.4 Å². The predicted molar refractivity (Wildman–Crippen MR) is 131 cm³/mol. The smallest absolute Gasteiger partial charge is 0.352 e. The maximum Gasteiger partial charge on any atom is 0.352 e. The molecule has 0 saturated carbocycles. The van der Waals surface area contributed by atoms with Gasteiger partial charge in [-0.15, -0.1) is 34.9 Å². The average molecular weight is 535 g/mol. The number of amides is 3. The molecule has 35 heavy (non-hydrogen) atoms. The third-order valence-electron chi connectivity index (χ3n) is 4.53. The number of thioether (sulfide) groups is 2. The summed E-state index contributed by atoms with van der Waals surface area (Å²) in [6, 6.07) is 0.871. The van der Waals surface area contributed by atoms with E-state index in [1.807, 2.05) is 6.07 Å². The third kappa shape index (κ3) is 5.91. The van der Waals surface area contributed by atoms with Gasteiger partial charge in [0.05, 0.1) is 6.07 Å². The highest BCUT2D eigenvalue weighted by atomic mass is 32.2. The molecule has 0 aliphatic carbocycles. The van der Waals surface area contributed by atoms with Crippen molar-refractivity contribution in [3.05, 3.63) is 46.5 Å². The molecule has 12 nitrogen and oxygen atoms in total. The number of nitrogens with one attached hydrogen (secondary N) is 2. The second-order valence-corrected chi connectivity index (χ2v) is 9.54. The van der Waals surface area contributed by atoms with Gasteiger partial charge in [0, 0.05) is 23.0 Å². The molecule has 0 aromatic carbocycles. The number of thiazole rings is 1. The Bertz CT molecular complexity index is 1170. The van der Waals surface area contributed by atoms with Crippen LogP contribution >= 0.6 is 34.9 Å². The fourth-order valence-electron chi connectivity index (χ4n) is 3.09. The summed E-state index contributed by atoms with van der Waals surface area (Å²) < 4.78 is 0. The minimum Gasteiger partial charge on any atom is -0.477 e. The summed E-state index contributed by atoms with van der Waals surface area (Å²) in [6.45, 7) is 3.52. The van der Waals surface area contributed by atoms with Gasteiger partial charge in [0.1, 0.15) is 29.4 Å². The van der Waals surface area contributed by atoms with Crippen molar-refractivity contribution in [2.75, 3.05) is 23.4 Å². The van der Waals surface area contributed by atoms with E-state index in [0.29, 0.717) is 23.5 Å². The number of β-lactam (4-membered cyclic amide) rings is 1. The second-order valence-electron chi connectivity index (χ2n) is 6.69. The molecule has 0 radical (unpaired) electrons. The number of carboxylic acid groups (broad SMARTS) is 1. The molecule has 1 aromatic rings. The summed E-state index contributed by atoms with van der Waals surface area (Å²) in [5, 5.41) is 29.7. The molecule has 2 aliphatic rings. The van der Waals surface area contributed by atoms with Crippen LogP contribution in [0, 0.1) is 11.3 Å². The highest BCUT2D eigenvalue weighted by molar-refractivity contribution is 8.02. The monoisotopic (exact) mass is 534 g/mol. The average Bonchev–Trinajstić information content (AvgIpc) is 3.30. The van der Waals surface area contributed by atoms with Gasteiger partial charge in [0.15, 0.2) is 10.8 Å². The number of nitriles is 1. The lowest BCUT2D eigenvalue weighted by atomic mass is 10.0. The van der Waals surface area contributed by atoms with Crippen LogP contribution in [0.25, 0.3) is 0 Å². The normalized spacial score (nSPS) is 19.5. The summed E-state index contributed by atoms with van der Waals surface area (Å²) >= 11 is 3.63. The zero-order valence-corrected chi connectivity index (χ0v) is 20.3. The lowest BCUT2D eigenvalue weighted by Gasteiger charge is -2.49. The molecule has 1 unspecified atom stereocenters. The van der Waals surface area contributed by atoms with Crippen molar-refractivity contribution >= 4 is 69.9 Å². The van der Waals surface area contributed by atoms with E-state index in [-0.39, 0.29) is 28.8 Å². The Labute approximate surface area is 211 Å². The lowest BCUT2D eigenvalue weighted by Crippen LogP contribution is -2.71. The molecule has 3 rings (SSSR count). The Balaban J connectivity index is 1.77. The molecule has 3 amide bonds. The van der Waals surface area contributed by atoms with Gasteiger partial charge in [-0.3, -0.25) is 19.3 Å². The maximum atomic E-state index is 13.0. The van der Waals surface area contributed by atoms with Gasteiger partial charge in [-0.1, -0.05) is 17.8 Å². The zero-order valence-electron chi connectivity index (χ0n) is 17.9. The number of hydrogen-bond acceptors (Lipinski definition) is 11. The topological polar surface area (TPSA) is 174 Å². The third-order valence-corrected chi connectivity index (χ3v) is 7.48. The number of anilines is 1. The van der Waals surface area contributed by atoms with Crippen LogP contribution in [0.3, 0.4) is 0 Å². The quantitative estimate of drug-likeness (QED) is 0.0670. The van der Waals surface area contributed by atoms with Crippen LogP contribution < -0.4 is 10.6 Å². The molecule has 0 bridgehead atoms. The van der Waals surface area contributed by atoms with Crippen LogP contribution in [0.5, 0.6) is 0 Å². The number of oxime groups is 1. The summed E-state index contributed by atoms with van der Waals surface area (Å²) in [5.74, 6) is -1.92. The van der Waals surface area contributed by atoms with Gasteiger partial charge in [-0.05, 0) is 11.0 Å². The molecule has 2 atom stereocenters. The number of carboxylic acids is 1. The number of fused-ring (bicyclic) bond motifs is 1. The van der Waals surface area contributed by atoms with E-state index in [1.165, 1.54) is 41.1 Å². The number of aromatic nitrogens is 1.